The van der Waals surface area contributed by atoms with Gasteiger partial charge in [0.2, 0.25) is 10.0 Å². The van der Waals surface area contributed by atoms with E-state index in [4.69, 9.17) is 4.74 Å². The third-order valence-electron chi connectivity index (χ3n) is 4.18. The lowest BCUT2D eigenvalue weighted by molar-refractivity contribution is 0.0376. The molecule has 2 heterocycles. The van der Waals surface area contributed by atoms with E-state index in [1.54, 1.807) is 13.2 Å². The number of ether oxygens (including phenoxy) is 1. The van der Waals surface area contributed by atoms with Gasteiger partial charge in [-0.2, -0.15) is 5.10 Å². The van der Waals surface area contributed by atoms with E-state index < -0.39 is 10.0 Å². The van der Waals surface area contributed by atoms with E-state index in [1.165, 1.54) is 4.68 Å². The summed E-state index contributed by atoms with van der Waals surface area (Å²) in [6.07, 6.45) is 2.31. The zero-order valence-electron chi connectivity index (χ0n) is 14.4. The Bertz CT molecular complexity index is 783. The first-order valence-corrected chi connectivity index (χ1v) is 9.93. The van der Waals surface area contributed by atoms with E-state index in [2.05, 4.69) is 14.7 Å². The van der Waals surface area contributed by atoms with Crippen LogP contribution in [0, 0.1) is 0 Å². The highest BCUT2D eigenvalue weighted by Gasteiger charge is 2.22. The van der Waals surface area contributed by atoms with Crippen molar-refractivity contribution in [2.24, 2.45) is 7.05 Å². The van der Waals surface area contributed by atoms with Gasteiger partial charge in [0.15, 0.2) is 0 Å². The van der Waals surface area contributed by atoms with Crippen molar-refractivity contribution in [1.82, 2.24) is 19.4 Å². The van der Waals surface area contributed by atoms with Crippen molar-refractivity contribution < 1.29 is 13.2 Å². The summed E-state index contributed by atoms with van der Waals surface area (Å²) < 4.78 is 34.9. The summed E-state index contributed by atoms with van der Waals surface area (Å²) in [7, 11) is -1.87. The minimum absolute atomic E-state index is 0.215. The normalized spacial score (nSPS) is 16.2. The van der Waals surface area contributed by atoms with Gasteiger partial charge in [-0.3, -0.25) is 9.58 Å². The topological polar surface area (TPSA) is 76.5 Å². The Hall–Kier alpha value is -1.74. The van der Waals surface area contributed by atoms with E-state index in [-0.39, 0.29) is 4.90 Å². The number of sulfonamides is 1. The number of aryl methyl sites for hydroxylation is 1. The second-order valence-corrected chi connectivity index (χ2v) is 7.82. The molecule has 0 bridgehead atoms. The van der Waals surface area contributed by atoms with Crippen molar-refractivity contribution in [2.75, 3.05) is 39.4 Å². The molecule has 136 valence electrons. The zero-order chi connectivity index (χ0) is 17.7. The first-order valence-electron chi connectivity index (χ1n) is 8.45. The van der Waals surface area contributed by atoms with Crippen molar-refractivity contribution in [3.63, 3.8) is 0 Å². The number of hydrogen-bond acceptors (Lipinski definition) is 5. The first kappa shape index (κ1) is 18.1. The van der Waals surface area contributed by atoms with Gasteiger partial charge >= 0.3 is 0 Å². The minimum Gasteiger partial charge on any atom is -0.379 e. The Morgan fingerprint density at radius 3 is 2.64 bits per heavy atom. The molecule has 0 saturated carbocycles. The van der Waals surface area contributed by atoms with Crippen LogP contribution in [0.2, 0.25) is 0 Å². The van der Waals surface area contributed by atoms with Crippen LogP contribution >= 0.6 is 0 Å². The molecule has 1 fully saturated rings. The maximum atomic E-state index is 12.7. The van der Waals surface area contributed by atoms with Crippen LogP contribution in [0.5, 0.6) is 0 Å². The van der Waals surface area contributed by atoms with Crippen LogP contribution in [0.15, 0.2) is 41.4 Å². The van der Waals surface area contributed by atoms with Gasteiger partial charge in [-0.1, -0.05) is 30.3 Å². The predicted octanol–water partition coefficient (Wildman–Crippen LogP) is 1.09. The predicted molar refractivity (Wildman–Crippen MR) is 95.7 cm³/mol. The fraction of sp³-hybridized carbons (Fsp3) is 0.471. The minimum atomic E-state index is -3.60. The summed E-state index contributed by atoms with van der Waals surface area (Å²) in [5.41, 5.74) is 1.26. The molecule has 1 aliphatic heterocycles. The zero-order valence-corrected chi connectivity index (χ0v) is 15.2. The van der Waals surface area contributed by atoms with Crippen LogP contribution in [0.4, 0.5) is 0 Å². The molecule has 1 aromatic heterocycles. The van der Waals surface area contributed by atoms with Crippen LogP contribution in [0.3, 0.4) is 0 Å². The summed E-state index contributed by atoms with van der Waals surface area (Å²) in [6.45, 7) is 4.60. The smallest absolute Gasteiger partial charge is 0.244 e. The number of aromatic nitrogens is 2. The van der Waals surface area contributed by atoms with Crippen LogP contribution < -0.4 is 4.72 Å². The fourth-order valence-electron chi connectivity index (χ4n) is 2.87. The maximum absolute atomic E-state index is 12.7. The number of nitrogens with zero attached hydrogens (tertiary/aromatic N) is 3. The summed E-state index contributed by atoms with van der Waals surface area (Å²) in [5, 5.41) is 4.32. The Labute approximate surface area is 148 Å². The third kappa shape index (κ3) is 4.66. The SMILES string of the molecule is Cn1cc(S(=O)(=O)NCCCN2CCOCC2)c(-c2ccccc2)n1. The van der Waals surface area contributed by atoms with E-state index in [9.17, 15) is 8.42 Å². The average Bonchev–Trinajstić information content (AvgIpc) is 3.03. The molecular weight excluding hydrogens is 340 g/mol. The molecule has 1 aromatic carbocycles. The lowest BCUT2D eigenvalue weighted by Gasteiger charge is -2.26. The van der Waals surface area contributed by atoms with Crippen molar-refractivity contribution in [2.45, 2.75) is 11.3 Å². The second kappa shape index (κ2) is 8.09. The molecule has 0 aliphatic carbocycles. The highest BCUT2D eigenvalue weighted by atomic mass is 32.2. The van der Waals surface area contributed by atoms with E-state index >= 15 is 0 Å². The van der Waals surface area contributed by atoms with Crippen molar-refractivity contribution >= 4 is 10.0 Å². The van der Waals surface area contributed by atoms with E-state index in [1.807, 2.05) is 30.3 Å². The van der Waals surface area contributed by atoms with Crippen LogP contribution in [0.25, 0.3) is 11.3 Å². The molecule has 0 atom stereocenters. The van der Waals surface area contributed by atoms with Gasteiger partial charge in [0.1, 0.15) is 10.6 Å². The Balaban J connectivity index is 1.64. The van der Waals surface area contributed by atoms with Gasteiger partial charge in [0.05, 0.1) is 13.2 Å². The standard InChI is InChI=1S/C17H24N4O3S/c1-20-14-16(17(19-20)15-6-3-2-4-7-15)25(22,23)18-8-5-9-21-10-12-24-13-11-21/h2-4,6-7,14,18H,5,8-13H2,1H3. The highest BCUT2D eigenvalue weighted by Crippen LogP contribution is 2.25. The van der Waals surface area contributed by atoms with Crippen molar-refractivity contribution in [3.8, 4) is 11.3 Å². The molecule has 0 radical (unpaired) electrons. The fourth-order valence-corrected chi connectivity index (χ4v) is 4.14. The first-order chi connectivity index (χ1) is 12.1. The molecule has 2 aromatic rings. The van der Waals surface area contributed by atoms with Gasteiger partial charge in [-0.05, 0) is 13.0 Å². The molecule has 3 rings (SSSR count). The molecule has 1 saturated heterocycles. The number of nitrogens with one attached hydrogen (secondary N) is 1. The average molecular weight is 364 g/mol. The van der Waals surface area contributed by atoms with Crippen molar-refractivity contribution in [1.29, 1.82) is 0 Å². The molecule has 0 amide bonds. The third-order valence-corrected chi connectivity index (χ3v) is 5.64. The van der Waals surface area contributed by atoms with E-state index in [0.29, 0.717) is 12.2 Å². The molecular formula is C17H24N4O3S. The van der Waals surface area contributed by atoms with Gasteiger partial charge in [0.25, 0.3) is 0 Å². The lowest BCUT2D eigenvalue weighted by atomic mass is 10.2. The lowest BCUT2D eigenvalue weighted by Crippen LogP contribution is -2.38. The maximum Gasteiger partial charge on any atom is 0.244 e. The van der Waals surface area contributed by atoms with Gasteiger partial charge in [0, 0.05) is 38.4 Å². The van der Waals surface area contributed by atoms with E-state index in [0.717, 1.165) is 44.8 Å². The summed E-state index contributed by atoms with van der Waals surface area (Å²) in [6, 6.07) is 9.36. The number of rotatable bonds is 7. The Kier molecular flexibility index (Phi) is 5.85. The van der Waals surface area contributed by atoms with Crippen molar-refractivity contribution in [3.05, 3.63) is 36.5 Å². The monoisotopic (exact) mass is 364 g/mol. The van der Waals surface area contributed by atoms with Crippen LogP contribution in [-0.2, 0) is 21.8 Å². The molecule has 25 heavy (non-hydrogen) atoms. The quantitative estimate of drug-likeness (QED) is 0.744. The summed E-state index contributed by atoms with van der Waals surface area (Å²) >= 11 is 0. The van der Waals surface area contributed by atoms with Gasteiger partial charge in [-0.15, -0.1) is 0 Å². The number of morpholine rings is 1. The Morgan fingerprint density at radius 1 is 1.20 bits per heavy atom. The molecule has 0 unspecified atom stereocenters. The summed E-state index contributed by atoms with van der Waals surface area (Å²) in [4.78, 5) is 2.50. The summed E-state index contributed by atoms with van der Waals surface area (Å²) in [5.74, 6) is 0. The van der Waals surface area contributed by atoms with Crippen LogP contribution in [-0.4, -0.2) is 62.5 Å². The van der Waals surface area contributed by atoms with Crippen LogP contribution in [0.1, 0.15) is 6.42 Å². The van der Waals surface area contributed by atoms with Gasteiger partial charge < -0.3 is 4.74 Å². The largest absolute Gasteiger partial charge is 0.379 e. The number of hydrogen-bond donors (Lipinski definition) is 1. The molecule has 8 heteroatoms. The second-order valence-electron chi connectivity index (χ2n) is 6.09. The molecule has 0 spiro atoms. The number of benzene rings is 1. The highest BCUT2D eigenvalue weighted by molar-refractivity contribution is 7.89. The van der Waals surface area contributed by atoms with Gasteiger partial charge in [-0.25, -0.2) is 13.1 Å². The Morgan fingerprint density at radius 2 is 1.92 bits per heavy atom. The molecule has 7 nitrogen and oxygen atoms in total. The molecule has 1 N–H and O–H groups in total. The molecule has 1 aliphatic rings.